The van der Waals surface area contributed by atoms with E-state index in [0.29, 0.717) is 11.4 Å². The van der Waals surface area contributed by atoms with Gasteiger partial charge < -0.3 is 4.74 Å². The van der Waals surface area contributed by atoms with E-state index in [2.05, 4.69) is 4.72 Å². The summed E-state index contributed by atoms with van der Waals surface area (Å²) in [5.74, 6) is 0.681. The van der Waals surface area contributed by atoms with Gasteiger partial charge in [0, 0.05) is 11.8 Å². The number of nitro groups is 1. The maximum atomic E-state index is 12.4. The van der Waals surface area contributed by atoms with Crippen molar-refractivity contribution >= 4 is 21.4 Å². The Labute approximate surface area is 145 Å². The van der Waals surface area contributed by atoms with Crippen molar-refractivity contribution in [2.75, 3.05) is 4.72 Å². The number of hydrogen-bond donors (Lipinski definition) is 1. The van der Waals surface area contributed by atoms with Crippen LogP contribution in [0.5, 0.6) is 5.75 Å². The minimum Gasteiger partial charge on any atom is -0.490 e. The van der Waals surface area contributed by atoms with Gasteiger partial charge in [-0.1, -0.05) is 12.1 Å². The van der Waals surface area contributed by atoms with Gasteiger partial charge in [-0.05, 0) is 56.0 Å². The van der Waals surface area contributed by atoms with Crippen LogP contribution >= 0.6 is 0 Å². The van der Waals surface area contributed by atoms with Crippen molar-refractivity contribution < 1.29 is 18.1 Å². The fourth-order valence-electron chi connectivity index (χ4n) is 2.85. The zero-order valence-electron chi connectivity index (χ0n) is 13.4. The van der Waals surface area contributed by atoms with Gasteiger partial charge >= 0.3 is 0 Å². The number of hydrogen-bond acceptors (Lipinski definition) is 5. The Morgan fingerprint density at radius 3 is 2.32 bits per heavy atom. The third kappa shape index (κ3) is 4.08. The van der Waals surface area contributed by atoms with Crippen LogP contribution < -0.4 is 9.46 Å². The highest BCUT2D eigenvalue weighted by Gasteiger charge is 2.25. The summed E-state index contributed by atoms with van der Waals surface area (Å²) in [7, 11) is -4.06. The Morgan fingerprint density at radius 2 is 1.68 bits per heavy atom. The number of benzene rings is 2. The van der Waals surface area contributed by atoms with Crippen molar-refractivity contribution in [3.05, 3.63) is 58.6 Å². The third-order valence-electron chi connectivity index (χ3n) is 4.06. The van der Waals surface area contributed by atoms with Crippen molar-refractivity contribution in [1.82, 2.24) is 0 Å². The largest absolute Gasteiger partial charge is 0.490 e. The highest BCUT2D eigenvalue weighted by atomic mass is 32.2. The van der Waals surface area contributed by atoms with Gasteiger partial charge in [-0.25, -0.2) is 8.42 Å². The standard InChI is InChI=1S/C17H18N2O5S/c20-19(21)16-7-3-4-8-17(16)25(22,23)18-13-9-11-15(12-10-13)24-14-5-1-2-6-14/h3-4,7-12,14,18H,1-2,5-6H2. The van der Waals surface area contributed by atoms with E-state index < -0.39 is 20.6 Å². The Balaban J connectivity index is 1.76. The van der Waals surface area contributed by atoms with Crippen molar-refractivity contribution in [2.45, 2.75) is 36.7 Å². The first-order valence-corrected chi connectivity index (χ1v) is 9.47. The highest BCUT2D eigenvalue weighted by Crippen LogP contribution is 2.27. The van der Waals surface area contributed by atoms with Crippen LogP contribution in [0.4, 0.5) is 11.4 Å². The first kappa shape index (κ1) is 17.2. The predicted octanol–water partition coefficient (Wildman–Crippen LogP) is 3.72. The summed E-state index contributed by atoms with van der Waals surface area (Å²) in [4.78, 5) is 9.94. The zero-order valence-corrected chi connectivity index (χ0v) is 14.2. The van der Waals surface area contributed by atoms with E-state index in [9.17, 15) is 18.5 Å². The second-order valence-corrected chi connectivity index (χ2v) is 7.53. The Bertz CT molecular complexity index is 859. The van der Waals surface area contributed by atoms with Gasteiger partial charge in [0.05, 0.1) is 11.0 Å². The summed E-state index contributed by atoms with van der Waals surface area (Å²) in [5.41, 5.74) is -0.145. The Hall–Kier alpha value is -2.61. The van der Waals surface area contributed by atoms with Crippen LogP contribution in [0.1, 0.15) is 25.7 Å². The van der Waals surface area contributed by atoms with E-state index >= 15 is 0 Å². The van der Waals surface area contributed by atoms with E-state index in [1.165, 1.54) is 31.0 Å². The van der Waals surface area contributed by atoms with Gasteiger partial charge in [0.1, 0.15) is 5.75 Å². The van der Waals surface area contributed by atoms with Gasteiger partial charge in [0.25, 0.3) is 15.7 Å². The van der Waals surface area contributed by atoms with Crippen LogP contribution in [0, 0.1) is 10.1 Å². The molecule has 2 aromatic carbocycles. The van der Waals surface area contributed by atoms with Gasteiger partial charge in [0.15, 0.2) is 4.90 Å². The van der Waals surface area contributed by atoms with Crippen LogP contribution in [0.2, 0.25) is 0 Å². The highest BCUT2D eigenvalue weighted by molar-refractivity contribution is 7.92. The lowest BCUT2D eigenvalue weighted by Gasteiger charge is -2.14. The first-order valence-electron chi connectivity index (χ1n) is 7.99. The zero-order chi connectivity index (χ0) is 17.9. The minimum absolute atomic E-state index is 0.217. The molecule has 0 atom stereocenters. The maximum Gasteiger partial charge on any atom is 0.289 e. The Morgan fingerprint density at radius 1 is 1.04 bits per heavy atom. The molecule has 0 aliphatic heterocycles. The smallest absolute Gasteiger partial charge is 0.289 e. The van der Waals surface area contributed by atoms with Gasteiger partial charge in [0.2, 0.25) is 0 Å². The van der Waals surface area contributed by atoms with Crippen LogP contribution in [0.15, 0.2) is 53.4 Å². The molecule has 0 spiro atoms. The number of sulfonamides is 1. The van der Waals surface area contributed by atoms with E-state index in [1.807, 2.05) is 0 Å². The van der Waals surface area contributed by atoms with E-state index in [0.717, 1.165) is 18.9 Å². The third-order valence-corrected chi connectivity index (χ3v) is 5.49. The normalized spacial score (nSPS) is 15.0. The molecule has 0 saturated heterocycles. The quantitative estimate of drug-likeness (QED) is 0.624. The fraction of sp³-hybridized carbons (Fsp3) is 0.294. The molecule has 0 unspecified atom stereocenters. The lowest BCUT2D eigenvalue weighted by atomic mass is 10.3. The fourth-order valence-corrected chi connectivity index (χ4v) is 4.08. The first-order chi connectivity index (χ1) is 12.0. The molecular formula is C17H18N2O5S. The number of anilines is 1. The number of nitro benzene ring substituents is 1. The second kappa shape index (κ2) is 7.10. The summed E-state index contributed by atoms with van der Waals surface area (Å²) < 4.78 is 33.1. The van der Waals surface area contributed by atoms with Crippen molar-refractivity contribution in [2.24, 2.45) is 0 Å². The van der Waals surface area contributed by atoms with E-state index in [1.54, 1.807) is 24.3 Å². The molecule has 0 radical (unpaired) electrons. The molecule has 1 fully saturated rings. The lowest BCUT2D eigenvalue weighted by Crippen LogP contribution is -2.15. The maximum absolute atomic E-state index is 12.4. The van der Waals surface area contributed by atoms with Crippen LogP contribution in [0.25, 0.3) is 0 Å². The average Bonchev–Trinajstić information content (AvgIpc) is 3.09. The minimum atomic E-state index is -4.06. The second-order valence-electron chi connectivity index (χ2n) is 5.88. The number of nitrogens with one attached hydrogen (secondary N) is 1. The summed E-state index contributed by atoms with van der Waals surface area (Å²) in [5, 5.41) is 11.0. The van der Waals surface area contributed by atoms with Gasteiger partial charge in [-0.3, -0.25) is 14.8 Å². The van der Waals surface area contributed by atoms with Gasteiger partial charge in [-0.15, -0.1) is 0 Å². The SMILES string of the molecule is O=[N+]([O-])c1ccccc1S(=O)(=O)Nc1ccc(OC2CCCC2)cc1. The molecule has 132 valence electrons. The van der Waals surface area contributed by atoms with Crippen LogP contribution in [-0.4, -0.2) is 19.4 Å². The van der Waals surface area contributed by atoms with E-state index in [-0.39, 0.29) is 11.0 Å². The van der Waals surface area contributed by atoms with E-state index in [4.69, 9.17) is 4.74 Å². The number of para-hydroxylation sites is 1. The summed E-state index contributed by atoms with van der Waals surface area (Å²) >= 11 is 0. The molecule has 1 saturated carbocycles. The molecule has 2 aromatic rings. The van der Waals surface area contributed by atoms with Crippen LogP contribution in [0.3, 0.4) is 0 Å². The lowest BCUT2D eigenvalue weighted by molar-refractivity contribution is -0.387. The molecule has 0 amide bonds. The molecule has 0 bridgehead atoms. The Kier molecular flexibility index (Phi) is 4.89. The molecule has 7 nitrogen and oxygen atoms in total. The number of rotatable bonds is 6. The molecule has 0 aromatic heterocycles. The molecule has 1 N–H and O–H groups in total. The van der Waals surface area contributed by atoms with Crippen molar-refractivity contribution in [3.63, 3.8) is 0 Å². The predicted molar refractivity (Wildman–Crippen MR) is 93.2 cm³/mol. The molecule has 8 heteroatoms. The van der Waals surface area contributed by atoms with Crippen LogP contribution in [-0.2, 0) is 10.0 Å². The monoisotopic (exact) mass is 362 g/mol. The molecule has 0 heterocycles. The molecular weight excluding hydrogens is 344 g/mol. The van der Waals surface area contributed by atoms with Gasteiger partial charge in [-0.2, -0.15) is 0 Å². The summed E-state index contributed by atoms with van der Waals surface area (Å²) in [6, 6.07) is 11.8. The molecule has 25 heavy (non-hydrogen) atoms. The average molecular weight is 362 g/mol. The van der Waals surface area contributed by atoms with Crippen molar-refractivity contribution in [1.29, 1.82) is 0 Å². The number of ether oxygens (including phenoxy) is 1. The topological polar surface area (TPSA) is 98.5 Å². The summed E-state index contributed by atoms with van der Waals surface area (Å²) in [6.07, 6.45) is 4.61. The molecule has 3 rings (SSSR count). The number of nitrogens with zero attached hydrogens (tertiary/aromatic N) is 1. The summed E-state index contributed by atoms with van der Waals surface area (Å²) in [6.45, 7) is 0. The van der Waals surface area contributed by atoms with Crippen molar-refractivity contribution in [3.8, 4) is 5.75 Å². The molecule has 1 aliphatic rings. The molecule has 1 aliphatic carbocycles.